The van der Waals surface area contributed by atoms with Gasteiger partial charge in [-0.15, -0.1) is 0 Å². The average molecular weight is 418 g/mol. The molecule has 2 atom stereocenters. The summed E-state index contributed by atoms with van der Waals surface area (Å²) in [6.45, 7) is 0. The zero-order valence-electron chi connectivity index (χ0n) is 17.2. The monoisotopic (exact) mass is 418 g/mol. The summed E-state index contributed by atoms with van der Waals surface area (Å²) in [6.07, 6.45) is 1.11. The van der Waals surface area contributed by atoms with Crippen molar-refractivity contribution in [3.8, 4) is 11.5 Å². The van der Waals surface area contributed by atoms with E-state index in [9.17, 15) is 4.79 Å². The summed E-state index contributed by atoms with van der Waals surface area (Å²) in [5.74, 6) is 2.35. The number of nitrogens with one attached hydrogen (secondary N) is 2. The van der Waals surface area contributed by atoms with Gasteiger partial charge in [0.2, 0.25) is 11.6 Å². The Kier molecular flexibility index (Phi) is 4.82. The summed E-state index contributed by atoms with van der Waals surface area (Å²) < 4.78 is 15.8. The first kappa shape index (κ1) is 19.2. The van der Waals surface area contributed by atoms with Gasteiger partial charge in [0.05, 0.1) is 20.3 Å². The lowest BCUT2D eigenvalue weighted by Crippen LogP contribution is -2.27. The quantitative estimate of drug-likeness (QED) is 0.654. The van der Waals surface area contributed by atoms with Crippen LogP contribution in [0.1, 0.15) is 35.9 Å². The second kappa shape index (κ2) is 7.79. The van der Waals surface area contributed by atoms with Gasteiger partial charge in [0.25, 0.3) is 0 Å². The molecule has 1 aliphatic carbocycles. The van der Waals surface area contributed by atoms with Gasteiger partial charge in [0.1, 0.15) is 11.5 Å². The van der Waals surface area contributed by atoms with Crippen molar-refractivity contribution in [2.45, 2.75) is 24.8 Å². The van der Waals surface area contributed by atoms with Crippen molar-refractivity contribution in [3.63, 3.8) is 0 Å². The second-order valence-electron chi connectivity index (χ2n) is 7.64. The van der Waals surface area contributed by atoms with Crippen LogP contribution in [0.15, 0.2) is 64.4 Å². The van der Waals surface area contributed by atoms with E-state index in [1.165, 1.54) is 0 Å². The van der Waals surface area contributed by atoms with Crippen LogP contribution < -0.4 is 20.1 Å². The van der Waals surface area contributed by atoms with E-state index in [4.69, 9.17) is 14.1 Å². The van der Waals surface area contributed by atoms with Crippen molar-refractivity contribution in [1.29, 1.82) is 0 Å². The number of benzene rings is 2. The van der Waals surface area contributed by atoms with Crippen LogP contribution >= 0.6 is 0 Å². The number of rotatable bonds is 4. The maximum atomic E-state index is 13.5. The number of fused-ring (bicyclic) bond motifs is 1. The molecule has 31 heavy (non-hydrogen) atoms. The number of hydrogen-bond donors (Lipinski definition) is 2. The molecule has 1 aromatic heterocycles. The highest BCUT2D eigenvalue weighted by molar-refractivity contribution is 6.00. The number of ether oxygens (including phenoxy) is 2. The van der Waals surface area contributed by atoms with Gasteiger partial charge in [-0.1, -0.05) is 30.3 Å². The zero-order valence-corrected chi connectivity index (χ0v) is 17.2. The van der Waals surface area contributed by atoms with E-state index in [-0.39, 0.29) is 11.7 Å². The van der Waals surface area contributed by atoms with Gasteiger partial charge in [0.15, 0.2) is 5.78 Å². The fourth-order valence-electron chi connectivity index (χ4n) is 4.31. The van der Waals surface area contributed by atoms with Gasteiger partial charge in [-0.05, 0) is 45.9 Å². The zero-order chi connectivity index (χ0) is 21.4. The number of hydrogen-bond acceptors (Lipinski definition) is 8. The highest BCUT2D eigenvalue weighted by Gasteiger charge is 2.37. The van der Waals surface area contributed by atoms with Crippen LogP contribution in [0.2, 0.25) is 0 Å². The Labute approximate surface area is 179 Å². The molecule has 2 aliphatic rings. The van der Waals surface area contributed by atoms with E-state index in [0.29, 0.717) is 41.5 Å². The number of aromatic nitrogens is 2. The lowest BCUT2D eigenvalue weighted by molar-refractivity contribution is -0.116. The number of Topliss-reactive ketones (excluding diaryl/α,β-unsaturated/α-hetero) is 1. The minimum absolute atomic E-state index is 0.0731. The molecule has 0 saturated carbocycles. The maximum Gasteiger partial charge on any atom is 0.219 e. The predicted octanol–water partition coefficient (Wildman–Crippen LogP) is 4.07. The number of methoxy groups -OCH3 is 2. The van der Waals surface area contributed by atoms with Gasteiger partial charge in [-0.2, -0.15) is 0 Å². The first-order chi connectivity index (χ1) is 15.2. The Morgan fingerprint density at radius 3 is 2.35 bits per heavy atom. The van der Waals surface area contributed by atoms with E-state index in [1.54, 1.807) is 20.3 Å². The molecule has 1 aliphatic heterocycles. The minimum Gasteiger partial charge on any atom is -0.497 e. The Morgan fingerprint density at radius 1 is 0.935 bits per heavy atom. The Morgan fingerprint density at radius 2 is 1.65 bits per heavy atom. The third kappa shape index (κ3) is 3.50. The number of allylic oxidation sites excluding steroid dienone is 1. The molecule has 8 heteroatoms. The molecule has 0 saturated heterocycles. The summed E-state index contributed by atoms with van der Waals surface area (Å²) >= 11 is 0. The van der Waals surface area contributed by atoms with E-state index in [1.807, 2.05) is 30.3 Å². The number of carbonyl (C=O) groups is 1. The largest absolute Gasteiger partial charge is 0.497 e. The molecule has 0 spiro atoms. The van der Waals surface area contributed by atoms with Gasteiger partial charge >= 0.3 is 0 Å². The van der Waals surface area contributed by atoms with Crippen molar-refractivity contribution >= 4 is 17.4 Å². The van der Waals surface area contributed by atoms with Crippen LogP contribution in [-0.2, 0) is 4.79 Å². The molecule has 5 rings (SSSR count). The topological polar surface area (TPSA) is 98.5 Å². The Bertz CT molecular complexity index is 1130. The number of anilines is 2. The van der Waals surface area contributed by atoms with Gasteiger partial charge in [-0.25, -0.2) is 4.63 Å². The molecule has 2 aromatic carbocycles. The van der Waals surface area contributed by atoms with Crippen molar-refractivity contribution in [2.75, 3.05) is 24.9 Å². The molecular weight excluding hydrogens is 396 g/mol. The van der Waals surface area contributed by atoms with Crippen LogP contribution in [0.3, 0.4) is 0 Å². The number of nitrogens with zero attached hydrogens (tertiary/aromatic N) is 2. The van der Waals surface area contributed by atoms with Gasteiger partial charge in [-0.3, -0.25) is 4.79 Å². The molecule has 2 heterocycles. The molecule has 0 fully saturated rings. The van der Waals surface area contributed by atoms with E-state index >= 15 is 0 Å². The summed E-state index contributed by atoms with van der Waals surface area (Å²) in [4.78, 5) is 13.5. The van der Waals surface area contributed by atoms with Crippen molar-refractivity contribution < 1.29 is 18.9 Å². The second-order valence-corrected chi connectivity index (χ2v) is 7.64. The molecule has 0 radical (unpaired) electrons. The number of carbonyl (C=O) groups excluding carboxylic acids is 1. The summed E-state index contributed by atoms with van der Waals surface area (Å²) in [6, 6.07) is 15.2. The van der Waals surface area contributed by atoms with Crippen molar-refractivity contribution in [2.24, 2.45) is 0 Å². The molecule has 3 aromatic rings. The van der Waals surface area contributed by atoms with Crippen LogP contribution in [0.25, 0.3) is 0 Å². The minimum atomic E-state index is -0.455. The fourth-order valence-corrected chi connectivity index (χ4v) is 4.31. The van der Waals surface area contributed by atoms with Crippen LogP contribution in [-0.4, -0.2) is 30.3 Å². The smallest absolute Gasteiger partial charge is 0.219 e. The van der Waals surface area contributed by atoms with E-state index in [0.717, 1.165) is 16.8 Å². The number of ketones is 1. The first-order valence-corrected chi connectivity index (χ1v) is 10.1. The highest BCUT2D eigenvalue weighted by atomic mass is 16.6. The third-order valence-electron chi connectivity index (χ3n) is 5.81. The van der Waals surface area contributed by atoms with Crippen molar-refractivity contribution in [1.82, 2.24) is 10.3 Å². The molecule has 2 N–H and O–H groups in total. The standard InChI is InChI=1S/C23H22N4O4/c1-29-16-8-15(9-17(12-16)30-2)21-20-18(24-22-23(25-21)27-31-26-22)10-14(11-19(20)28)13-6-4-3-5-7-13/h3-9,12,14,21H,10-11H2,1-2H3,(H,24,26)(H,25,27)/t14-,21+/m0/s1. The van der Waals surface area contributed by atoms with Gasteiger partial charge < -0.3 is 20.1 Å². The first-order valence-electron chi connectivity index (χ1n) is 10.1. The maximum absolute atomic E-state index is 13.5. The average Bonchev–Trinajstić information content (AvgIpc) is 3.17. The summed E-state index contributed by atoms with van der Waals surface area (Å²) in [5, 5.41) is 14.6. The Hall–Kier alpha value is -3.81. The predicted molar refractivity (Wildman–Crippen MR) is 114 cm³/mol. The SMILES string of the molecule is COc1cc(OC)cc([C@H]2Nc3nonc3NC3=C2C(=O)C[C@@H](c2ccccc2)C3)c1. The van der Waals surface area contributed by atoms with Crippen LogP contribution in [0, 0.1) is 0 Å². The normalized spacial score (nSPS) is 20.1. The molecule has 8 nitrogen and oxygen atoms in total. The van der Waals surface area contributed by atoms with Crippen molar-refractivity contribution in [3.05, 3.63) is 70.9 Å². The molecule has 0 bridgehead atoms. The lowest BCUT2D eigenvalue weighted by Gasteiger charge is -2.30. The van der Waals surface area contributed by atoms with E-state index in [2.05, 4.69) is 33.1 Å². The highest BCUT2D eigenvalue weighted by Crippen LogP contribution is 2.44. The summed E-state index contributed by atoms with van der Waals surface area (Å²) in [7, 11) is 3.20. The molecule has 0 unspecified atom stereocenters. The third-order valence-corrected chi connectivity index (χ3v) is 5.81. The van der Waals surface area contributed by atoms with Gasteiger partial charge in [0, 0.05) is 23.8 Å². The van der Waals surface area contributed by atoms with Crippen LogP contribution in [0.4, 0.5) is 11.6 Å². The molecular formula is C23H22N4O4. The summed E-state index contributed by atoms with van der Waals surface area (Å²) in [5.41, 5.74) is 3.45. The fraction of sp³-hybridized carbons (Fsp3) is 0.261. The molecule has 158 valence electrons. The Balaban J connectivity index is 1.62. The molecule has 0 amide bonds. The van der Waals surface area contributed by atoms with E-state index < -0.39 is 6.04 Å². The lowest BCUT2D eigenvalue weighted by atomic mass is 9.78. The van der Waals surface area contributed by atoms with Crippen LogP contribution in [0.5, 0.6) is 11.5 Å².